The molecule has 3 rings (SSSR count). The van der Waals surface area contributed by atoms with Crippen molar-refractivity contribution in [2.45, 2.75) is 12.5 Å². The van der Waals surface area contributed by atoms with E-state index < -0.39 is 10.7 Å². The minimum Gasteiger partial charge on any atom is -0.453 e. The third-order valence-electron chi connectivity index (χ3n) is 3.95. The highest BCUT2D eigenvalue weighted by Crippen LogP contribution is 2.26. The van der Waals surface area contributed by atoms with Crippen LogP contribution in [-0.4, -0.2) is 22.4 Å². The largest absolute Gasteiger partial charge is 0.453 e. The van der Waals surface area contributed by atoms with Crippen LogP contribution in [0.25, 0.3) is 11.0 Å². The van der Waals surface area contributed by atoms with E-state index in [9.17, 15) is 14.9 Å². The van der Waals surface area contributed by atoms with Crippen LogP contribution < -0.4 is 5.73 Å². The van der Waals surface area contributed by atoms with Gasteiger partial charge in [-0.2, -0.15) is 0 Å². The first-order valence-electron chi connectivity index (χ1n) is 7.68. The molecule has 0 bridgehead atoms. The molecule has 0 saturated heterocycles. The molecule has 0 aliphatic rings. The smallest absolute Gasteiger partial charge is 0.270 e. The molecule has 1 atom stereocenters. The Kier molecular flexibility index (Phi) is 4.60. The second kappa shape index (κ2) is 6.84. The number of furan rings is 1. The zero-order valence-corrected chi connectivity index (χ0v) is 13.2. The minimum absolute atomic E-state index is 0.0128. The van der Waals surface area contributed by atoms with Crippen molar-refractivity contribution in [2.24, 2.45) is 5.73 Å². The molecule has 0 fully saturated rings. The number of rotatable bonds is 6. The molecule has 3 N–H and O–H groups in total. The van der Waals surface area contributed by atoms with Crippen LogP contribution in [0.2, 0.25) is 0 Å². The molecule has 0 aliphatic carbocycles. The van der Waals surface area contributed by atoms with E-state index in [2.05, 4.69) is 0 Å². The van der Waals surface area contributed by atoms with Gasteiger partial charge in [0.1, 0.15) is 5.58 Å². The third kappa shape index (κ3) is 3.42. The highest BCUT2D eigenvalue weighted by molar-refractivity contribution is 6.09. The molecule has 0 amide bonds. The normalized spacial score (nSPS) is 12.2. The van der Waals surface area contributed by atoms with Gasteiger partial charge in [-0.3, -0.25) is 14.9 Å². The molecular formula is C18H16N2O5. The first kappa shape index (κ1) is 16.8. The van der Waals surface area contributed by atoms with Gasteiger partial charge in [0.25, 0.3) is 5.69 Å². The van der Waals surface area contributed by atoms with Crippen molar-refractivity contribution >= 4 is 22.4 Å². The van der Waals surface area contributed by atoms with E-state index in [0.29, 0.717) is 17.4 Å². The van der Waals surface area contributed by atoms with Crippen LogP contribution in [0.5, 0.6) is 0 Å². The molecule has 7 heteroatoms. The summed E-state index contributed by atoms with van der Waals surface area (Å²) in [6.45, 7) is -0.0128. The maximum atomic E-state index is 12.5. The standard InChI is InChI=1S/C18H16N2O5/c19-15(6-7-21)11-4-5-16-13(8-11)10-17(25-16)18(22)12-2-1-3-14(9-12)20(23)24/h1-5,8-10,15,21H,6-7,19H2. The number of carbonyl (C=O) groups is 1. The van der Waals surface area contributed by atoms with Crippen LogP contribution in [0.3, 0.4) is 0 Å². The van der Waals surface area contributed by atoms with Gasteiger partial charge in [-0.05, 0) is 30.2 Å². The fourth-order valence-corrected chi connectivity index (χ4v) is 2.61. The van der Waals surface area contributed by atoms with Crippen molar-refractivity contribution < 1.29 is 19.2 Å². The van der Waals surface area contributed by atoms with E-state index in [0.717, 1.165) is 5.56 Å². The first-order chi connectivity index (χ1) is 12.0. The summed E-state index contributed by atoms with van der Waals surface area (Å²) in [6, 6.07) is 12.1. The number of hydrogen-bond donors (Lipinski definition) is 2. The van der Waals surface area contributed by atoms with E-state index in [1.807, 2.05) is 6.07 Å². The van der Waals surface area contributed by atoms with Gasteiger partial charge in [-0.25, -0.2) is 0 Å². The maximum Gasteiger partial charge on any atom is 0.270 e. The Hall–Kier alpha value is -3.03. The zero-order chi connectivity index (χ0) is 18.0. The molecular weight excluding hydrogens is 324 g/mol. The summed E-state index contributed by atoms with van der Waals surface area (Å²) in [4.78, 5) is 22.8. The summed E-state index contributed by atoms with van der Waals surface area (Å²) in [7, 11) is 0. The fourth-order valence-electron chi connectivity index (χ4n) is 2.61. The van der Waals surface area contributed by atoms with Crippen LogP contribution in [0.15, 0.2) is 52.9 Å². The molecule has 0 radical (unpaired) electrons. The van der Waals surface area contributed by atoms with Crippen molar-refractivity contribution in [3.05, 3.63) is 75.5 Å². The van der Waals surface area contributed by atoms with E-state index in [1.165, 1.54) is 24.3 Å². The number of aliphatic hydroxyl groups is 1. The fraction of sp³-hybridized carbons (Fsp3) is 0.167. The average Bonchev–Trinajstić information content (AvgIpc) is 3.04. The molecule has 2 aromatic carbocycles. The molecule has 1 aromatic heterocycles. The number of hydrogen-bond acceptors (Lipinski definition) is 6. The van der Waals surface area contributed by atoms with Crippen molar-refractivity contribution in [3.8, 4) is 0 Å². The van der Waals surface area contributed by atoms with Gasteiger partial charge < -0.3 is 15.3 Å². The summed E-state index contributed by atoms with van der Waals surface area (Å²) in [5.41, 5.74) is 7.36. The Balaban J connectivity index is 1.94. The number of nitro groups is 1. The monoisotopic (exact) mass is 340 g/mol. The first-order valence-corrected chi connectivity index (χ1v) is 7.68. The predicted molar refractivity (Wildman–Crippen MR) is 91.4 cm³/mol. The zero-order valence-electron chi connectivity index (χ0n) is 13.2. The van der Waals surface area contributed by atoms with Crippen LogP contribution in [0.1, 0.15) is 34.1 Å². The number of nitrogens with two attached hydrogens (primary N) is 1. The van der Waals surface area contributed by atoms with E-state index in [1.54, 1.807) is 18.2 Å². The topological polar surface area (TPSA) is 120 Å². The van der Waals surface area contributed by atoms with Gasteiger partial charge >= 0.3 is 0 Å². The summed E-state index contributed by atoms with van der Waals surface area (Å²) >= 11 is 0. The van der Waals surface area contributed by atoms with Gasteiger partial charge in [0.15, 0.2) is 5.76 Å². The van der Waals surface area contributed by atoms with Crippen LogP contribution in [-0.2, 0) is 0 Å². The van der Waals surface area contributed by atoms with Gasteiger partial charge in [0.2, 0.25) is 5.78 Å². The van der Waals surface area contributed by atoms with Gasteiger partial charge in [0, 0.05) is 35.7 Å². The summed E-state index contributed by atoms with van der Waals surface area (Å²) < 4.78 is 5.57. The van der Waals surface area contributed by atoms with Crippen molar-refractivity contribution in [1.29, 1.82) is 0 Å². The average molecular weight is 340 g/mol. The number of aliphatic hydroxyl groups excluding tert-OH is 1. The number of nitro benzene ring substituents is 1. The number of nitrogens with zero attached hydrogens (tertiary/aromatic N) is 1. The molecule has 3 aromatic rings. The SMILES string of the molecule is NC(CCO)c1ccc2oc(C(=O)c3cccc([N+](=O)[O-])c3)cc2c1. The van der Waals surface area contributed by atoms with Gasteiger partial charge in [-0.15, -0.1) is 0 Å². The Morgan fingerprint density at radius 1 is 1.24 bits per heavy atom. The Bertz CT molecular complexity index is 948. The Labute approximate surface area is 142 Å². The number of fused-ring (bicyclic) bond motifs is 1. The lowest BCUT2D eigenvalue weighted by Gasteiger charge is -2.09. The number of ketones is 1. The van der Waals surface area contributed by atoms with Gasteiger partial charge in [-0.1, -0.05) is 18.2 Å². The Morgan fingerprint density at radius 3 is 2.76 bits per heavy atom. The molecule has 0 saturated carbocycles. The van der Waals surface area contributed by atoms with Crippen LogP contribution in [0, 0.1) is 10.1 Å². The number of non-ortho nitro benzene ring substituents is 1. The van der Waals surface area contributed by atoms with Crippen molar-refractivity contribution in [3.63, 3.8) is 0 Å². The van der Waals surface area contributed by atoms with Gasteiger partial charge in [0.05, 0.1) is 4.92 Å². The predicted octanol–water partition coefficient (Wildman–Crippen LogP) is 2.95. The molecule has 128 valence electrons. The Morgan fingerprint density at radius 2 is 2.04 bits per heavy atom. The number of carbonyl (C=O) groups excluding carboxylic acids is 1. The lowest BCUT2D eigenvalue weighted by molar-refractivity contribution is -0.384. The van der Waals surface area contributed by atoms with Crippen LogP contribution >= 0.6 is 0 Å². The quantitative estimate of drug-likeness (QED) is 0.404. The lowest BCUT2D eigenvalue weighted by atomic mass is 10.0. The van der Waals surface area contributed by atoms with E-state index in [-0.39, 0.29) is 29.7 Å². The summed E-state index contributed by atoms with van der Waals surface area (Å²) in [5.74, 6) is -0.329. The highest BCUT2D eigenvalue weighted by Gasteiger charge is 2.18. The van der Waals surface area contributed by atoms with E-state index >= 15 is 0 Å². The van der Waals surface area contributed by atoms with Crippen molar-refractivity contribution in [1.82, 2.24) is 0 Å². The molecule has 0 aliphatic heterocycles. The molecule has 7 nitrogen and oxygen atoms in total. The molecule has 0 spiro atoms. The van der Waals surface area contributed by atoms with E-state index in [4.69, 9.17) is 15.3 Å². The minimum atomic E-state index is -0.551. The number of benzene rings is 2. The lowest BCUT2D eigenvalue weighted by Crippen LogP contribution is -2.11. The van der Waals surface area contributed by atoms with Crippen molar-refractivity contribution in [2.75, 3.05) is 6.61 Å². The maximum absolute atomic E-state index is 12.5. The highest BCUT2D eigenvalue weighted by atomic mass is 16.6. The summed E-state index contributed by atoms with van der Waals surface area (Å²) in [6.07, 6.45) is 0.433. The molecule has 1 heterocycles. The second-order valence-corrected chi connectivity index (χ2v) is 5.66. The summed E-state index contributed by atoms with van der Waals surface area (Å²) in [5, 5.41) is 20.5. The second-order valence-electron chi connectivity index (χ2n) is 5.66. The van der Waals surface area contributed by atoms with Crippen LogP contribution in [0.4, 0.5) is 5.69 Å². The molecule has 1 unspecified atom stereocenters. The third-order valence-corrected chi connectivity index (χ3v) is 3.95. The molecule has 25 heavy (non-hydrogen) atoms.